The van der Waals surface area contributed by atoms with Crippen LogP contribution in [0.25, 0.3) is 0 Å². The van der Waals surface area contributed by atoms with Crippen LogP contribution in [0.2, 0.25) is 0 Å². The highest BCUT2D eigenvalue weighted by Crippen LogP contribution is 2.30. The Morgan fingerprint density at radius 3 is 2.67 bits per heavy atom. The Kier molecular flexibility index (Phi) is 5.53. The van der Waals surface area contributed by atoms with Gasteiger partial charge in [-0.1, -0.05) is 26.7 Å². The van der Waals surface area contributed by atoms with Gasteiger partial charge in [0.25, 0.3) is 5.91 Å². The molecule has 0 bridgehead atoms. The van der Waals surface area contributed by atoms with Gasteiger partial charge in [-0.05, 0) is 43.7 Å². The van der Waals surface area contributed by atoms with Crippen molar-refractivity contribution in [2.24, 2.45) is 11.8 Å². The predicted octanol–water partition coefficient (Wildman–Crippen LogP) is 2.85. The van der Waals surface area contributed by atoms with E-state index in [4.69, 9.17) is 0 Å². The molecular formula is C16H26N4O. The number of rotatable bonds is 5. The third kappa shape index (κ3) is 4.16. The van der Waals surface area contributed by atoms with Gasteiger partial charge in [0.15, 0.2) is 5.69 Å². The van der Waals surface area contributed by atoms with Crippen LogP contribution in [0.4, 0.5) is 5.82 Å². The maximum absolute atomic E-state index is 12.3. The second-order valence-corrected chi connectivity index (χ2v) is 6.11. The lowest BCUT2D eigenvalue weighted by atomic mass is 9.78. The van der Waals surface area contributed by atoms with Crippen LogP contribution in [0.1, 0.15) is 56.9 Å². The standard InChI is InChI=1S/C16H26N4O/c1-4-17-15-10-9-14(19-20-15)16(21)18-13-8-6-5-7-12(13)11(2)3/h9-13H,4-8H2,1-3H3,(H,17,20)(H,18,21). The van der Waals surface area contributed by atoms with E-state index in [2.05, 4.69) is 34.7 Å². The van der Waals surface area contributed by atoms with E-state index in [1.54, 1.807) is 12.1 Å². The van der Waals surface area contributed by atoms with E-state index in [0.717, 1.165) is 13.0 Å². The molecule has 1 fully saturated rings. The largest absolute Gasteiger partial charge is 0.369 e. The second kappa shape index (κ2) is 7.38. The minimum Gasteiger partial charge on any atom is -0.369 e. The maximum atomic E-state index is 12.3. The first-order valence-electron chi connectivity index (χ1n) is 8.00. The number of amides is 1. The van der Waals surface area contributed by atoms with Gasteiger partial charge >= 0.3 is 0 Å². The van der Waals surface area contributed by atoms with Crippen molar-refractivity contribution in [1.29, 1.82) is 0 Å². The average molecular weight is 290 g/mol. The van der Waals surface area contributed by atoms with Crippen LogP contribution < -0.4 is 10.6 Å². The summed E-state index contributed by atoms with van der Waals surface area (Å²) in [5.41, 5.74) is 0.393. The second-order valence-electron chi connectivity index (χ2n) is 6.11. The summed E-state index contributed by atoms with van der Waals surface area (Å²) in [6.45, 7) is 7.26. The number of hydrogen-bond acceptors (Lipinski definition) is 4. The molecule has 1 amide bonds. The Labute approximate surface area is 126 Å². The zero-order chi connectivity index (χ0) is 15.2. The highest BCUT2D eigenvalue weighted by molar-refractivity contribution is 5.92. The number of nitrogens with one attached hydrogen (secondary N) is 2. The van der Waals surface area contributed by atoms with E-state index < -0.39 is 0 Å². The first-order valence-corrected chi connectivity index (χ1v) is 8.00. The molecule has 2 unspecified atom stereocenters. The molecule has 2 rings (SSSR count). The number of nitrogens with zero attached hydrogens (tertiary/aromatic N) is 2. The number of anilines is 1. The lowest BCUT2D eigenvalue weighted by Gasteiger charge is -2.34. The lowest BCUT2D eigenvalue weighted by molar-refractivity contribution is 0.0883. The van der Waals surface area contributed by atoms with Crippen LogP contribution in [0.5, 0.6) is 0 Å². The number of aromatic nitrogens is 2. The molecule has 0 aromatic carbocycles. The van der Waals surface area contributed by atoms with E-state index in [1.165, 1.54) is 19.3 Å². The Hall–Kier alpha value is -1.65. The molecule has 0 aliphatic heterocycles. The van der Waals surface area contributed by atoms with Gasteiger partial charge in [0, 0.05) is 12.6 Å². The minimum absolute atomic E-state index is 0.108. The van der Waals surface area contributed by atoms with Crippen LogP contribution in [0.15, 0.2) is 12.1 Å². The van der Waals surface area contributed by atoms with Crippen LogP contribution in [-0.4, -0.2) is 28.7 Å². The molecule has 2 N–H and O–H groups in total. The van der Waals surface area contributed by atoms with Crippen LogP contribution in [-0.2, 0) is 0 Å². The smallest absolute Gasteiger partial charge is 0.272 e. The van der Waals surface area contributed by atoms with Gasteiger partial charge in [0.2, 0.25) is 0 Å². The van der Waals surface area contributed by atoms with Crippen molar-refractivity contribution in [3.05, 3.63) is 17.8 Å². The fourth-order valence-electron chi connectivity index (χ4n) is 3.11. The average Bonchev–Trinajstić information content (AvgIpc) is 2.48. The summed E-state index contributed by atoms with van der Waals surface area (Å²) >= 11 is 0. The molecule has 5 nitrogen and oxygen atoms in total. The van der Waals surface area contributed by atoms with E-state index in [1.807, 2.05) is 6.92 Å². The molecule has 0 spiro atoms. The summed E-state index contributed by atoms with van der Waals surface area (Å²) in [7, 11) is 0. The third-order valence-electron chi connectivity index (χ3n) is 4.25. The maximum Gasteiger partial charge on any atom is 0.272 e. The lowest BCUT2D eigenvalue weighted by Crippen LogP contribution is -2.44. The first kappa shape index (κ1) is 15.7. The van der Waals surface area contributed by atoms with Crippen LogP contribution in [0.3, 0.4) is 0 Å². The summed E-state index contributed by atoms with van der Waals surface area (Å²) in [4.78, 5) is 12.3. The molecule has 1 aromatic heterocycles. The van der Waals surface area contributed by atoms with Crippen LogP contribution >= 0.6 is 0 Å². The molecule has 1 aliphatic carbocycles. The first-order chi connectivity index (χ1) is 10.1. The van der Waals surface area contributed by atoms with E-state index in [9.17, 15) is 4.79 Å². The molecule has 1 aliphatic rings. The van der Waals surface area contributed by atoms with Gasteiger partial charge in [0.05, 0.1) is 0 Å². The van der Waals surface area contributed by atoms with Gasteiger partial charge in [-0.15, -0.1) is 10.2 Å². The fraction of sp³-hybridized carbons (Fsp3) is 0.688. The van der Waals surface area contributed by atoms with Gasteiger partial charge < -0.3 is 10.6 Å². The third-order valence-corrected chi connectivity index (χ3v) is 4.25. The van der Waals surface area contributed by atoms with Crippen molar-refractivity contribution in [2.45, 2.75) is 52.5 Å². The van der Waals surface area contributed by atoms with E-state index in [0.29, 0.717) is 23.3 Å². The Morgan fingerprint density at radius 2 is 2.05 bits per heavy atom. The monoisotopic (exact) mass is 290 g/mol. The highest BCUT2D eigenvalue weighted by Gasteiger charge is 2.29. The van der Waals surface area contributed by atoms with Crippen LogP contribution in [0, 0.1) is 11.8 Å². The van der Waals surface area contributed by atoms with Crippen molar-refractivity contribution in [3.63, 3.8) is 0 Å². The molecule has 1 heterocycles. The number of hydrogen-bond donors (Lipinski definition) is 2. The molecular weight excluding hydrogens is 264 g/mol. The zero-order valence-electron chi connectivity index (χ0n) is 13.2. The molecule has 21 heavy (non-hydrogen) atoms. The predicted molar refractivity (Wildman–Crippen MR) is 84.2 cm³/mol. The quantitative estimate of drug-likeness (QED) is 0.875. The van der Waals surface area contributed by atoms with Crippen molar-refractivity contribution in [2.75, 3.05) is 11.9 Å². The zero-order valence-corrected chi connectivity index (χ0v) is 13.2. The van der Waals surface area contributed by atoms with Gasteiger partial charge in [0.1, 0.15) is 5.82 Å². The van der Waals surface area contributed by atoms with Gasteiger partial charge in [-0.3, -0.25) is 4.79 Å². The fourth-order valence-corrected chi connectivity index (χ4v) is 3.11. The van der Waals surface area contributed by atoms with Crippen molar-refractivity contribution in [1.82, 2.24) is 15.5 Å². The summed E-state index contributed by atoms with van der Waals surface area (Å²) in [5.74, 6) is 1.75. The summed E-state index contributed by atoms with van der Waals surface area (Å²) in [6.07, 6.45) is 4.73. The van der Waals surface area contributed by atoms with Crippen molar-refractivity contribution >= 4 is 11.7 Å². The summed E-state index contributed by atoms with van der Waals surface area (Å²) in [6, 6.07) is 3.79. The van der Waals surface area contributed by atoms with Gasteiger partial charge in [-0.2, -0.15) is 0 Å². The summed E-state index contributed by atoms with van der Waals surface area (Å²) in [5, 5.41) is 14.3. The molecule has 0 radical (unpaired) electrons. The molecule has 116 valence electrons. The number of carbonyl (C=O) groups is 1. The Balaban J connectivity index is 1.99. The SMILES string of the molecule is CCNc1ccc(C(=O)NC2CCCCC2C(C)C)nn1. The highest BCUT2D eigenvalue weighted by atomic mass is 16.2. The Bertz CT molecular complexity index is 458. The summed E-state index contributed by atoms with van der Waals surface area (Å²) < 4.78 is 0. The van der Waals surface area contributed by atoms with E-state index >= 15 is 0 Å². The molecule has 5 heteroatoms. The minimum atomic E-state index is -0.108. The van der Waals surface area contributed by atoms with Crippen molar-refractivity contribution in [3.8, 4) is 0 Å². The number of carbonyl (C=O) groups excluding carboxylic acids is 1. The van der Waals surface area contributed by atoms with Crippen molar-refractivity contribution < 1.29 is 4.79 Å². The van der Waals surface area contributed by atoms with Gasteiger partial charge in [-0.25, -0.2) is 0 Å². The molecule has 2 atom stereocenters. The molecule has 1 aromatic rings. The normalized spacial score (nSPS) is 22.1. The Morgan fingerprint density at radius 1 is 1.29 bits per heavy atom. The molecule has 0 saturated heterocycles. The molecule has 1 saturated carbocycles. The topological polar surface area (TPSA) is 66.9 Å². The van der Waals surface area contributed by atoms with E-state index in [-0.39, 0.29) is 11.9 Å².